The average molecular weight is 723 g/mol. The number of amides is 2. The number of carbonyl (C=O) groups is 2. The molecule has 0 heterocycles. The molecule has 49 heavy (non-hydrogen) atoms. The second kappa shape index (κ2) is 16.6. The minimum Gasteiger partial charge on any atom is -0.494 e. The molecule has 0 spiro atoms. The average Bonchev–Trinajstić information content (AvgIpc) is 3.61. The molecule has 1 N–H and O–H groups in total. The van der Waals surface area contributed by atoms with Crippen molar-refractivity contribution in [2.24, 2.45) is 0 Å². The summed E-state index contributed by atoms with van der Waals surface area (Å²) in [6.07, 6.45) is 4.00. The molecule has 0 unspecified atom stereocenters. The Morgan fingerprint density at radius 1 is 0.878 bits per heavy atom. The van der Waals surface area contributed by atoms with Gasteiger partial charge in [-0.05, 0) is 86.3 Å². The van der Waals surface area contributed by atoms with E-state index in [-0.39, 0.29) is 29.8 Å². The van der Waals surface area contributed by atoms with E-state index in [4.69, 9.17) is 27.9 Å². The quantitative estimate of drug-likeness (QED) is 0.145. The van der Waals surface area contributed by atoms with Crippen LogP contribution in [-0.4, -0.2) is 50.4 Å². The number of benzene rings is 4. The van der Waals surface area contributed by atoms with Crippen molar-refractivity contribution in [2.45, 2.75) is 69.5 Å². The van der Waals surface area contributed by atoms with Crippen molar-refractivity contribution in [3.05, 3.63) is 124 Å². The van der Waals surface area contributed by atoms with Crippen molar-refractivity contribution in [3.8, 4) is 5.75 Å². The molecule has 0 radical (unpaired) electrons. The van der Waals surface area contributed by atoms with Gasteiger partial charge in [-0.3, -0.25) is 13.9 Å². The number of anilines is 1. The first kappa shape index (κ1) is 36.2. The minimum absolute atomic E-state index is 0.000160. The zero-order chi connectivity index (χ0) is 35.0. The summed E-state index contributed by atoms with van der Waals surface area (Å²) in [5, 5.41) is 3.84. The molecular formula is C38H41Cl2N3O5S. The summed E-state index contributed by atoms with van der Waals surface area (Å²) in [6, 6.07) is 26.6. The fourth-order valence-electron chi connectivity index (χ4n) is 6.00. The summed E-state index contributed by atoms with van der Waals surface area (Å²) in [7, 11) is -4.24. The van der Waals surface area contributed by atoms with Gasteiger partial charge in [0.15, 0.2) is 0 Å². The Bertz CT molecular complexity index is 1830. The first-order valence-corrected chi connectivity index (χ1v) is 18.6. The fraction of sp³-hybridized carbons (Fsp3) is 0.316. The van der Waals surface area contributed by atoms with Gasteiger partial charge in [0, 0.05) is 19.0 Å². The van der Waals surface area contributed by atoms with Crippen molar-refractivity contribution >= 4 is 50.7 Å². The monoisotopic (exact) mass is 721 g/mol. The molecule has 258 valence electrons. The number of nitrogens with one attached hydrogen (secondary N) is 1. The largest absolute Gasteiger partial charge is 0.494 e. The molecule has 0 bridgehead atoms. The number of aryl methyl sites for hydroxylation is 1. The van der Waals surface area contributed by atoms with Crippen LogP contribution < -0.4 is 14.4 Å². The maximum atomic E-state index is 14.7. The number of sulfonamides is 1. The van der Waals surface area contributed by atoms with E-state index in [9.17, 15) is 18.0 Å². The molecule has 0 saturated heterocycles. The molecule has 4 aromatic rings. The second-order valence-electron chi connectivity index (χ2n) is 12.2. The molecule has 0 aliphatic heterocycles. The van der Waals surface area contributed by atoms with Crippen LogP contribution in [-0.2, 0) is 32.6 Å². The van der Waals surface area contributed by atoms with Crippen LogP contribution in [0.25, 0.3) is 0 Å². The van der Waals surface area contributed by atoms with Gasteiger partial charge < -0.3 is 15.0 Å². The molecule has 4 aromatic carbocycles. The highest BCUT2D eigenvalue weighted by Crippen LogP contribution is 2.28. The number of hydrogen-bond acceptors (Lipinski definition) is 5. The van der Waals surface area contributed by atoms with Crippen molar-refractivity contribution in [1.82, 2.24) is 10.2 Å². The number of rotatable bonds is 14. The van der Waals surface area contributed by atoms with Crippen molar-refractivity contribution in [1.29, 1.82) is 0 Å². The maximum Gasteiger partial charge on any atom is 0.264 e. The zero-order valence-corrected chi connectivity index (χ0v) is 30.0. The lowest BCUT2D eigenvalue weighted by atomic mass is 10.0. The van der Waals surface area contributed by atoms with E-state index in [1.54, 1.807) is 54.6 Å². The van der Waals surface area contributed by atoms with Crippen LogP contribution in [0.2, 0.25) is 10.0 Å². The number of halogens is 2. The highest BCUT2D eigenvalue weighted by atomic mass is 35.5. The van der Waals surface area contributed by atoms with Gasteiger partial charge in [-0.1, -0.05) is 90.1 Å². The van der Waals surface area contributed by atoms with Crippen LogP contribution in [0.5, 0.6) is 5.75 Å². The van der Waals surface area contributed by atoms with Crippen molar-refractivity contribution in [2.75, 3.05) is 17.5 Å². The van der Waals surface area contributed by atoms with Crippen LogP contribution in [0.3, 0.4) is 0 Å². The summed E-state index contributed by atoms with van der Waals surface area (Å²) < 4.78 is 35.2. The van der Waals surface area contributed by atoms with Gasteiger partial charge >= 0.3 is 0 Å². The molecule has 5 rings (SSSR count). The summed E-state index contributed by atoms with van der Waals surface area (Å²) in [5.41, 5.74) is 2.75. The molecule has 1 fully saturated rings. The molecular weight excluding hydrogens is 681 g/mol. The predicted octanol–water partition coefficient (Wildman–Crippen LogP) is 7.59. The van der Waals surface area contributed by atoms with E-state index in [1.807, 2.05) is 44.2 Å². The van der Waals surface area contributed by atoms with Gasteiger partial charge in [-0.2, -0.15) is 0 Å². The molecule has 1 aliphatic rings. The van der Waals surface area contributed by atoms with Gasteiger partial charge in [0.05, 0.1) is 27.2 Å². The first-order valence-electron chi connectivity index (χ1n) is 16.4. The minimum atomic E-state index is -4.24. The lowest BCUT2D eigenvalue weighted by molar-refractivity contribution is -0.140. The van der Waals surface area contributed by atoms with Gasteiger partial charge in [0.1, 0.15) is 18.3 Å². The molecule has 1 saturated carbocycles. The number of hydrogen-bond donors (Lipinski definition) is 1. The summed E-state index contributed by atoms with van der Waals surface area (Å²) in [5.74, 6) is -0.312. The third kappa shape index (κ3) is 9.35. The molecule has 1 atom stereocenters. The van der Waals surface area contributed by atoms with Crippen LogP contribution >= 0.6 is 23.2 Å². The maximum absolute atomic E-state index is 14.7. The highest BCUT2D eigenvalue weighted by Gasteiger charge is 2.35. The van der Waals surface area contributed by atoms with Crippen LogP contribution in [0.4, 0.5) is 5.69 Å². The van der Waals surface area contributed by atoms with E-state index in [0.717, 1.165) is 41.1 Å². The standard InChI is InChI=1S/C38H41Cl2N3O5S/c1-3-48-32-18-20-33(21-19-32)49(46,47)43(31-16-13-27(2)14-17-31)26-37(44)42(25-29-15-22-34(39)35(40)23-29)36(24-28-9-5-4-6-10-28)38(45)41-30-11-7-8-12-30/h4-6,9-10,13-23,30,36H,3,7-8,11-12,24-26H2,1-2H3,(H,41,45)/t36-/m0/s1. The van der Waals surface area contributed by atoms with Crippen molar-refractivity contribution in [3.63, 3.8) is 0 Å². The van der Waals surface area contributed by atoms with E-state index < -0.39 is 28.5 Å². The van der Waals surface area contributed by atoms with E-state index in [0.29, 0.717) is 33.7 Å². The Kier molecular flexibility index (Phi) is 12.3. The third-order valence-corrected chi connectivity index (χ3v) is 11.2. The summed E-state index contributed by atoms with van der Waals surface area (Å²) >= 11 is 12.6. The Morgan fingerprint density at radius 3 is 2.18 bits per heavy atom. The number of ether oxygens (including phenoxy) is 1. The Balaban J connectivity index is 1.56. The number of carbonyl (C=O) groups excluding carboxylic acids is 2. The zero-order valence-electron chi connectivity index (χ0n) is 27.6. The normalized spacial score (nSPS) is 13.9. The van der Waals surface area contributed by atoms with Crippen LogP contribution in [0.15, 0.2) is 102 Å². The first-order chi connectivity index (χ1) is 23.5. The van der Waals surface area contributed by atoms with Gasteiger partial charge in [-0.15, -0.1) is 0 Å². The SMILES string of the molecule is CCOc1ccc(S(=O)(=O)N(CC(=O)N(Cc2ccc(Cl)c(Cl)c2)[C@@H](Cc2ccccc2)C(=O)NC2CCCC2)c2ccc(C)cc2)cc1. The molecule has 2 amide bonds. The van der Waals surface area contributed by atoms with Crippen molar-refractivity contribution < 1.29 is 22.7 Å². The highest BCUT2D eigenvalue weighted by molar-refractivity contribution is 7.92. The second-order valence-corrected chi connectivity index (χ2v) is 14.9. The van der Waals surface area contributed by atoms with E-state index in [1.165, 1.54) is 17.0 Å². The van der Waals surface area contributed by atoms with E-state index >= 15 is 0 Å². The van der Waals surface area contributed by atoms with Crippen LogP contribution in [0.1, 0.15) is 49.3 Å². The summed E-state index contributed by atoms with van der Waals surface area (Å²) in [4.78, 5) is 30.3. The Morgan fingerprint density at radius 2 is 1.55 bits per heavy atom. The molecule has 8 nitrogen and oxygen atoms in total. The molecule has 11 heteroatoms. The lowest BCUT2D eigenvalue weighted by Gasteiger charge is -2.34. The number of nitrogens with zero attached hydrogens (tertiary/aromatic N) is 2. The summed E-state index contributed by atoms with van der Waals surface area (Å²) in [6.45, 7) is 3.62. The Labute approximate surface area is 299 Å². The fourth-order valence-corrected chi connectivity index (χ4v) is 7.73. The molecule has 1 aliphatic carbocycles. The van der Waals surface area contributed by atoms with Crippen LogP contribution in [0, 0.1) is 6.92 Å². The predicted molar refractivity (Wildman–Crippen MR) is 195 cm³/mol. The smallest absolute Gasteiger partial charge is 0.264 e. The van der Waals surface area contributed by atoms with Gasteiger partial charge in [0.25, 0.3) is 10.0 Å². The lowest BCUT2D eigenvalue weighted by Crippen LogP contribution is -2.54. The third-order valence-electron chi connectivity index (χ3n) is 8.63. The van der Waals surface area contributed by atoms with Gasteiger partial charge in [0.2, 0.25) is 11.8 Å². The van der Waals surface area contributed by atoms with Gasteiger partial charge in [-0.25, -0.2) is 8.42 Å². The molecule has 0 aromatic heterocycles. The topological polar surface area (TPSA) is 96.0 Å². The Hall–Kier alpha value is -4.05. The van der Waals surface area contributed by atoms with E-state index in [2.05, 4.69) is 5.32 Å².